The van der Waals surface area contributed by atoms with Gasteiger partial charge in [0.05, 0.1) is 11.8 Å². The van der Waals surface area contributed by atoms with Crippen LogP contribution in [0.2, 0.25) is 0 Å². The third-order valence-corrected chi connectivity index (χ3v) is 3.74. The molecule has 0 bridgehead atoms. The van der Waals surface area contributed by atoms with Crippen molar-refractivity contribution in [3.63, 3.8) is 0 Å². The third kappa shape index (κ3) is 2.38. The summed E-state index contributed by atoms with van der Waals surface area (Å²) in [5.74, 6) is -0.897. The van der Waals surface area contributed by atoms with Crippen molar-refractivity contribution in [2.45, 2.75) is 12.8 Å². The van der Waals surface area contributed by atoms with E-state index in [-0.39, 0.29) is 6.42 Å². The van der Waals surface area contributed by atoms with Gasteiger partial charge in [-0.15, -0.1) is 0 Å². The summed E-state index contributed by atoms with van der Waals surface area (Å²) in [6.45, 7) is 0. The molecule has 5 nitrogen and oxygen atoms in total. The molecule has 1 heterocycles. The first-order chi connectivity index (χ1) is 8.39. The number of carboxylic acid groups (broad SMARTS) is 1. The van der Waals surface area contributed by atoms with E-state index in [1.807, 2.05) is 0 Å². The lowest BCUT2D eigenvalue weighted by atomic mass is 10.1. The van der Waals surface area contributed by atoms with Gasteiger partial charge in [-0.25, -0.2) is 12.4 Å². The van der Waals surface area contributed by atoms with Crippen LogP contribution in [0, 0.1) is 0 Å². The summed E-state index contributed by atoms with van der Waals surface area (Å²) < 4.78 is 24.5. The molecule has 0 fully saturated rings. The van der Waals surface area contributed by atoms with E-state index in [9.17, 15) is 13.2 Å². The minimum Gasteiger partial charge on any atom is -0.481 e. The molecule has 0 aliphatic carbocycles. The average Bonchev–Trinajstić information content (AvgIpc) is 2.65. The fourth-order valence-electron chi connectivity index (χ4n) is 1.93. The van der Waals surface area contributed by atoms with Crippen molar-refractivity contribution in [1.82, 2.24) is 3.97 Å². The molecule has 96 valence electrons. The maximum atomic E-state index is 11.6. The lowest BCUT2D eigenvalue weighted by Gasteiger charge is -2.00. The molecule has 0 aliphatic heterocycles. The zero-order valence-corrected chi connectivity index (χ0v) is 10.6. The highest BCUT2D eigenvalue weighted by Crippen LogP contribution is 2.23. The van der Waals surface area contributed by atoms with Crippen LogP contribution < -0.4 is 0 Å². The van der Waals surface area contributed by atoms with Crippen molar-refractivity contribution in [3.8, 4) is 0 Å². The molecular formula is C12H13NO4S. The van der Waals surface area contributed by atoms with Gasteiger partial charge in [-0.1, -0.05) is 18.2 Å². The van der Waals surface area contributed by atoms with Crippen molar-refractivity contribution in [3.05, 3.63) is 36.0 Å². The summed E-state index contributed by atoms with van der Waals surface area (Å²) in [5.41, 5.74) is 1.32. The van der Waals surface area contributed by atoms with E-state index in [0.717, 1.165) is 17.2 Å². The minimum atomic E-state index is -3.38. The van der Waals surface area contributed by atoms with Crippen molar-refractivity contribution in [2.75, 3.05) is 6.26 Å². The maximum Gasteiger partial charge on any atom is 0.303 e. The first kappa shape index (κ1) is 12.6. The Morgan fingerprint density at radius 3 is 2.61 bits per heavy atom. The van der Waals surface area contributed by atoms with Crippen molar-refractivity contribution >= 4 is 26.9 Å². The number of nitrogens with zero attached hydrogens (tertiary/aromatic N) is 1. The zero-order valence-electron chi connectivity index (χ0n) is 9.83. The van der Waals surface area contributed by atoms with E-state index in [1.54, 1.807) is 24.3 Å². The van der Waals surface area contributed by atoms with Crippen LogP contribution in [0.1, 0.15) is 12.0 Å². The average molecular weight is 267 g/mol. The van der Waals surface area contributed by atoms with E-state index in [1.165, 1.54) is 10.2 Å². The number of aromatic nitrogens is 1. The zero-order chi connectivity index (χ0) is 13.3. The van der Waals surface area contributed by atoms with E-state index in [2.05, 4.69) is 0 Å². The predicted molar refractivity (Wildman–Crippen MR) is 68.1 cm³/mol. The summed E-state index contributed by atoms with van der Waals surface area (Å²) in [5, 5.41) is 9.47. The van der Waals surface area contributed by atoms with Crippen LogP contribution >= 0.6 is 0 Å². The van der Waals surface area contributed by atoms with Crippen molar-refractivity contribution in [2.24, 2.45) is 0 Å². The van der Waals surface area contributed by atoms with Gasteiger partial charge in [0.2, 0.25) is 10.0 Å². The maximum absolute atomic E-state index is 11.6. The third-order valence-electron chi connectivity index (χ3n) is 2.73. The number of carboxylic acids is 1. The van der Waals surface area contributed by atoms with Crippen molar-refractivity contribution in [1.29, 1.82) is 0 Å². The second kappa shape index (κ2) is 4.45. The van der Waals surface area contributed by atoms with E-state index < -0.39 is 16.0 Å². The second-order valence-electron chi connectivity index (χ2n) is 4.12. The molecule has 2 rings (SSSR count). The Kier molecular flexibility index (Phi) is 3.13. The Morgan fingerprint density at radius 1 is 1.33 bits per heavy atom. The molecule has 1 aromatic carbocycles. The fraction of sp³-hybridized carbons (Fsp3) is 0.250. The quantitative estimate of drug-likeness (QED) is 0.910. The number of hydrogen-bond acceptors (Lipinski definition) is 3. The topological polar surface area (TPSA) is 76.4 Å². The van der Waals surface area contributed by atoms with Crippen LogP contribution in [-0.2, 0) is 21.2 Å². The van der Waals surface area contributed by atoms with Gasteiger partial charge in [-0.05, 0) is 18.1 Å². The normalized spacial score (nSPS) is 11.8. The molecule has 1 N–H and O–H groups in total. The first-order valence-corrected chi connectivity index (χ1v) is 7.26. The highest BCUT2D eigenvalue weighted by atomic mass is 32.2. The van der Waals surface area contributed by atoms with Crippen LogP contribution in [0.4, 0.5) is 0 Å². The number of rotatable bonds is 4. The lowest BCUT2D eigenvalue weighted by Crippen LogP contribution is -2.08. The SMILES string of the molecule is CS(=O)(=O)n1cc(CCC(=O)O)c2ccccc21. The Hall–Kier alpha value is -1.82. The molecule has 0 amide bonds. The molecule has 18 heavy (non-hydrogen) atoms. The van der Waals surface area contributed by atoms with Crippen molar-refractivity contribution < 1.29 is 18.3 Å². The number of para-hydroxylation sites is 1. The number of aryl methyl sites for hydroxylation is 1. The smallest absolute Gasteiger partial charge is 0.303 e. The number of carbonyl (C=O) groups is 1. The van der Waals surface area contributed by atoms with Gasteiger partial charge in [0, 0.05) is 18.0 Å². The van der Waals surface area contributed by atoms with Gasteiger partial charge in [0.1, 0.15) is 0 Å². The Balaban J connectivity index is 2.58. The minimum absolute atomic E-state index is 0.0161. The first-order valence-electron chi connectivity index (χ1n) is 5.41. The molecular weight excluding hydrogens is 254 g/mol. The van der Waals surface area contributed by atoms with Crippen LogP contribution in [0.25, 0.3) is 10.9 Å². The molecule has 2 aromatic rings. The highest BCUT2D eigenvalue weighted by molar-refractivity contribution is 7.89. The standard InChI is InChI=1S/C12H13NO4S/c1-18(16,17)13-8-9(6-7-12(14)15)10-4-2-3-5-11(10)13/h2-5,8H,6-7H2,1H3,(H,14,15). The van der Waals surface area contributed by atoms with Gasteiger partial charge in [0.15, 0.2) is 0 Å². The summed E-state index contributed by atoms with van der Waals surface area (Å²) in [4.78, 5) is 10.6. The molecule has 0 spiro atoms. The number of benzene rings is 1. The van der Waals surface area contributed by atoms with Crippen LogP contribution in [0.3, 0.4) is 0 Å². The van der Waals surface area contributed by atoms with Crippen LogP contribution in [0.15, 0.2) is 30.5 Å². The van der Waals surface area contributed by atoms with Gasteiger partial charge in [0.25, 0.3) is 0 Å². The Morgan fingerprint density at radius 2 is 2.00 bits per heavy atom. The van der Waals surface area contributed by atoms with Gasteiger partial charge in [-0.3, -0.25) is 4.79 Å². The van der Waals surface area contributed by atoms with Gasteiger partial charge in [-0.2, -0.15) is 0 Å². The molecule has 0 atom stereocenters. The Bertz CT molecular complexity index is 700. The van der Waals surface area contributed by atoms with Crippen LogP contribution in [0.5, 0.6) is 0 Å². The number of aliphatic carboxylic acids is 1. The molecule has 0 aliphatic rings. The largest absolute Gasteiger partial charge is 0.481 e. The number of hydrogen-bond donors (Lipinski definition) is 1. The molecule has 0 unspecified atom stereocenters. The summed E-state index contributed by atoms with van der Waals surface area (Å²) in [7, 11) is -3.38. The monoisotopic (exact) mass is 267 g/mol. The van der Waals surface area contributed by atoms with Gasteiger partial charge < -0.3 is 5.11 Å². The van der Waals surface area contributed by atoms with Gasteiger partial charge >= 0.3 is 5.97 Å². The Labute approximate surface area is 105 Å². The number of fused-ring (bicyclic) bond motifs is 1. The molecule has 0 radical (unpaired) electrons. The highest BCUT2D eigenvalue weighted by Gasteiger charge is 2.14. The molecule has 0 saturated carbocycles. The lowest BCUT2D eigenvalue weighted by molar-refractivity contribution is -0.136. The second-order valence-corrected chi connectivity index (χ2v) is 5.98. The van der Waals surface area contributed by atoms with E-state index >= 15 is 0 Å². The summed E-state index contributed by atoms with van der Waals surface area (Å²) in [6.07, 6.45) is 2.93. The molecule has 6 heteroatoms. The molecule has 1 aromatic heterocycles. The van der Waals surface area contributed by atoms with E-state index in [0.29, 0.717) is 11.9 Å². The fourth-order valence-corrected chi connectivity index (χ4v) is 2.77. The summed E-state index contributed by atoms with van der Waals surface area (Å²) >= 11 is 0. The summed E-state index contributed by atoms with van der Waals surface area (Å²) in [6, 6.07) is 7.07. The predicted octanol–water partition coefficient (Wildman–Crippen LogP) is 1.47. The molecule has 0 saturated heterocycles. The van der Waals surface area contributed by atoms with E-state index in [4.69, 9.17) is 5.11 Å². The van der Waals surface area contributed by atoms with Crippen LogP contribution in [-0.4, -0.2) is 29.7 Å².